The molecule has 0 saturated carbocycles. The van der Waals surface area contributed by atoms with Crippen LogP contribution in [0.3, 0.4) is 0 Å². The third-order valence-corrected chi connectivity index (χ3v) is 2.88. The molecule has 0 aliphatic heterocycles. The summed E-state index contributed by atoms with van der Waals surface area (Å²) < 4.78 is 0. The number of rotatable bonds is 4. The maximum absolute atomic E-state index is 8.69. The third-order valence-electron chi connectivity index (χ3n) is 1.78. The van der Waals surface area contributed by atoms with Crippen molar-refractivity contribution in [3.63, 3.8) is 0 Å². The van der Waals surface area contributed by atoms with E-state index in [0.29, 0.717) is 6.54 Å². The molecular weight excluding hydrogens is 182 g/mol. The van der Waals surface area contributed by atoms with Gasteiger partial charge in [-0.05, 0) is 18.6 Å². The number of thioether (sulfide) groups is 1. The summed E-state index contributed by atoms with van der Waals surface area (Å²) in [6, 6.07) is 6.23. The van der Waals surface area contributed by atoms with Crippen LogP contribution in [0.1, 0.15) is 11.1 Å². The Hall–Kier alpha value is -0.510. The molecule has 0 amide bonds. The summed E-state index contributed by atoms with van der Waals surface area (Å²) >= 11 is 1.65. The largest absolute Gasteiger partial charge is 0.396 e. The highest BCUT2D eigenvalue weighted by Gasteiger charge is 2.00. The number of benzene rings is 1. The lowest BCUT2D eigenvalue weighted by molar-refractivity contribution is 0.322. The van der Waals surface area contributed by atoms with E-state index in [-0.39, 0.29) is 6.61 Å². The van der Waals surface area contributed by atoms with Crippen LogP contribution < -0.4 is 5.73 Å². The van der Waals surface area contributed by atoms with Gasteiger partial charge in [-0.15, -0.1) is 11.8 Å². The van der Waals surface area contributed by atoms with Gasteiger partial charge in [0.15, 0.2) is 0 Å². The van der Waals surface area contributed by atoms with Gasteiger partial charge in [0, 0.05) is 17.2 Å². The van der Waals surface area contributed by atoms with E-state index in [1.54, 1.807) is 11.8 Å². The number of hydrogen-bond acceptors (Lipinski definition) is 3. The standard InChI is InChI=1S/C10H15NOS/c1-8-2-3-10(13-5-4-12)9(6-8)7-11/h2-3,6,12H,4-5,7,11H2,1H3. The SMILES string of the molecule is Cc1ccc(SCCO)c(CN)c1. The van der Waals surface area contributed by atoms with E-state index in [2.05, 4.69) is 25.1 Å². The molecule has 1 rings (SSSR count). The van der Waals surface area contributed by atoms with Crippen LogP contribution in [0.25, 0.3) is 0 Å². The lowest BCUT2D eigenvalue weighted by Crippen LogP contribution is -1.99. The van der Waals surface area contributed by atoms with E-state index in [1.807, 2.05) is 0 Å². The molecule has 3 N–H and O–H groups in total. The summed E-state index contributed by atoms with van der Waals surface area (Å²) in [6.45, 7) is 2.83. The minimum atomic E-state index is 0.211. The summed E-state index contributed by atoms with van der Waals surface area (Å²) in [6.07, 6.45) is 0. The summed E-state index contributed by atoms with van der Waals surface area (Å²) in [5.41, 5.74) is 8.01. The number of aliphatic hydroxyl groups excluding tert-OH is 1. The van der Waals surface area contributed by atoms with Crippen molar-refractivity contribution in [1.82, 2.24) is 0 Å². The number of hydrogen-bond donors (Lipinski definition) is 2. The molecule has 72 valence electrons. The van der Waals surface area contributed by atoms with Crippen LogP contribution in [0.5, 0.6) is 0 Å². The predicted molar refractivity (Wildman–Crippen MR) is 56.9 cm³/mol. The van der Waals surface area contributed by atoms with Crippen LogP contribution >= 0.6 is 11.8 Å². The van der Waals surface area contributed by atoms with E-state index < -0.39 is 0 Å². The van der Waals surface area contributed by atoms with Gasteiger partial charge in [-0.25, -0.2) is 0 Å². The Bertz CT molecular complexity index is 276. The highest BCUT2D eigenvalue weighted by atomic mass is 32.2. The van der Waals surface area contributed by atoms with Crippen molar-refractivity contribution < 1.29 is 5.11 Å². The Balaban J connectivity index is 2.79. The number of aryl methyl sites for hydroxylation is 1. The molecule has 0 unspecified atom stereocenters. The van der Waals surface area contributed by atoms with Crippen LogP contribution in [0.2, 0.25) is 0 Å². The van der Waals surface area contributed by atoms with Crippen LogP contribution in [-0.2, 0) is 6.54 Å². The van der Waals surface area contributed by atoms with Gasteiger partial charge in [-0.3, -0.25) is 0 Å². The minimum absolute atomic E-state index is 0.211. The second-order valence-electron chi connectivity index (χ2n) is 2.89. The molecule has 1 aromatic rings. The molecule has 3 heteroatoms. The van der Waals surface area contributed by atoms with E-state index >= 15 is 0 Å². The molecule has 13 heavy (non-hydrogen) atoms. The average molecular weight is 197 g/mol. The van der Waals surface area contributed by atoms with Crippen molar-refractivity contribution in [2.75, 3.05) is 12.4 Å². The third kappa shape index (κ3) is 3.03. The lowest BCUT2D eigenvalue weighted by Gasteiger charge is -2.07. The topological polar surface area (TPSA) is 46.2 Å². The highest BCUT2D eigenvalue weighted by Crippen LogP contribution is 2.23. The molecule has 2 nitrogen and oxygen atoms in total. The molecule has 1 aromatic carbocycles. The first-order valence-corrected chi connectivity index (χ1v) is 5.29. The zero-order valence-electron chi connectivity index (χ0n) is 7.79. The summed E-state index contributed by atoms with van der Waals surface area (Å²) in [5, 5.41) is 8.69. The average Bonchev–Trinajstić information content (AvgIpc) is 2.16. The molecule has 0 heterocycles. The fourth-order valence-electron chi connectivity index (χ4n) is 1.16. The fourth-order valence-corrected chi connectivity index (χ4v) is 1.97. The van der Waals surface area contributed by atoms with E-state index in [4.69, 9.17) is 10.8 Å². The maximum Gasteiger partial charge on any atom is 0.0525 e. The Morgan fingerprint density at radius 3 is 2.85 bits per heavy atom. The molecule has 0 fully saturated rings. The van der Waals surface area contributed by atoms with E-state index in [9.17, 15) is 0 Å². The van der Waals surface area contributed by atoms with Crippen molar-refractivity contribution in [3.05, 3.63) is 29.3 Å². The van der Waals surface area contributed by atoms with Crippen LogP contribution in [0.15, 0.2) is 23.1 Å². The van der Waals surface area contributed by atoms with E-state index in [0.717, 1.165) is 5.75 Å². The van der Waals surface area contributed by atoms with Gasteiger partial charge >= 0.3 is 0 Å². The van der Waals surface area contributed by atoms with Gasteiger partial charge in [0.1, 0.15) is 0 Å². The summed E-state index contributed by atoms with van der Waals surface area (Å²) in [7, 11) is 0. The van der Waals surface area contributed by atoms with Crippen molar-refractivity contribution in [3.8, 4) is 0 Å². The molecule has 0 aliphatic carbocycles. The second kappa shape index (κ2) is 5.27. The smallest absolute Gasteiger partial charge is 0.0525 e. The van der Waals surface area contributed by atoms with Gasteiger partial charge in [0.2, 0.25) is 0 Å². The molecule has 0 saturated heterocycles. The maximum atomic E-state index is 8.69. The van der Waals surface area contributed by atoms with Gasteiger partial charge < -0.3 is 10.8 Å². The van der Waals surface area contributed by atoms with Gasteiger partial charge in [-0.1, -0.05) is 17.7 Å². The molecule has 0 radical (unpaired) electrons. The van der Waals surface area contributed by atoms with Crippen molar-refractivity contribution in [2.45, 2.75) is 18.4 Å². The van der Waals surface area contributed by atoms with Gasteiger partial charge in [0.05, 0.1) is 6.61 Å². The fraction of sp³-hybridized carbons (Fsp3) is 0.400. The summed E-state index contributed by atoms with van der Waals surface area (Å²) in [5.74, 6) is 0.732. The first-order valence-electron chi connectivity index (χ1n) is 4.31. The monoisotopic (exact) mass is 197 g/mol. The Kier molecular flexibility index (Phi) is 4.28. The molecule has 0 atom stereocenters. The zero-order valence-corrected chi connectivity index (χ0v) is 8.60. The molecular formula is C10H15NOS. The normalized spacial score (nSPS) is 10.4. The molecule has 0 bridgehead atoms. The minimum Gasteiger partial charge on any atom is -0.396 e. The molecule has 0 aliphatic rings. The Morgan fingerprint density at radius 1 is 1.46 bits per heavy atom. The number of aliphatic hydroxyl groups is 1. The molecule has 0 aromatic heterocycles. The first-order chi connectivity index (χ1) is 6.27. The Labute approximate surface area is 83.1 Å². The van der Waals surface area contributed by atoms with Crippen molar-refractivity contribution in [2.24, 2.45) is 5.73 Å². The van der Waals surface area contributed by atoms with Crippen LogP contribution in [0, 0.1) is 6.92 Å². The zero-order chi connectivity index (χ0) is 9.68. The van der Waals surface area contributed by atoms with Crippen molar-refractivity contribution >= 4 is 11.8 Å². The molecule has 0 spiro atoms. The summed E-state index contributed by atoms with van der Waals surface area (Å²) in [4.78, 5) is 1.18. The van der Waals surface area contributed by atoms with Crippen LogP contribution in [0.4, 0.5) is 0 Å². The first kappa shape index (κ1) is 10.6. The number of nitrogens with two attached hydrogens (primary N) is 1. The van der Waals surface area contributed by atoms with Crippen molar-refractivity contribution in [1.29, 1.82) is 0 Å². The van der Waals surface area contributed by atoms with Gasteiger partial charge in [-0.2, -0.15) is 0 Å². The van der Waals surface area contributed by atoms with Crippen LogP contribution in [-0.4, -0.2) is 17.5 Å². The van der Waals surface area contributed by atoms with Gasteiger partial charge in [0.25, 0.3) is 0 Å². The van der Waals surface area contributed by atoms with E-state index in [1.165, 1.54) is 16.0 Å². The Morgan fingerprint density at radius 2 is 2.23 bits per heavy atom. The second-order valence-corrected chi connectivity index (χ2v) is 4.02. The lowest BCUT2D eigenvalue weighted by atomic mass is 10.1. The predicted octanol–water partition coefficient (Wildman–Crippen LogP) is 1.54. The quantitative estimate of drug-likeness (QED) is 0.720. The highest BCUT2D eigenvalue weighted by molar-refractivity contribution is 7.99.